The van der Waals surface area contributed by atoms with Gasteiger partial charge in [0.1, 0.15) is 5.75 Å². The van der Waals surface area contributed by atoms with E-state index in [9.17, 15) is 14.4 Å². The van der Waals surface area contributed by atoms with Crippen LogP contribution >= 0.6 is 0 Å². The highest BCUT2D eigenvalue weighted by atomic mass is 16.5. The van der Waals surface area contributed by atoms with Crippen LogP contribution in [-0.2, 0) is 14.3 Å². The number of rotatable bonds is 8. The highest BCUT2D eigenvalue weighted by Gasteiger charge is 2.22. The SMILES string of the molecule is CCOc1ccc(/C=C/C(=O)OCC(=O)c2[nH]c(C)c(C(=O)OC)c2C)cc1. The minimum atomic E-state index is -0.642. The van der Waals surface area contributed by atoms with Gasteiger partial charge in [-0.3, -0.25) is 4.79 Å². The van der Waals surface area contributed by atoms with Crippen LogP contribution < -0.4 is 4.74 Å². The molecule has 2 aromatic rings. The molecular formula is C21H23NO6. The van der Waals surface area contributed by atoms with Gasteiger partial charge in [-0.2, -0.15) is 0 Å². The molecule has 2 rings (SSSR count). The van der Waals surface area contributed by atoms with Crippen LogP contribution in [0.25, 0.3) is 6.08 Å². The van der Waals surface area contributed by atoms with E-state index in [0.29, 0.717) is 23.4 Å². The molecule has 0 aliphatic carbocycles. The molecule has 1 heterocycles. The molecule has 0 radical (unpaired) electrons. The summed E-state index contributed by atoms with van der Waals surface area (Å²) in [6.07, 6.45) is 2.83. The fourth-order valence-corrected chi connectivity index (χ4v) is 2.70. The van der Waals surface area contributed by atoms with Gasteiger partial charge in [0, 0.05) is 11.8 Å². The summed E-state index contributed by atoms with van der Waals surface area (Å²) in [5.74, 6) is -0.855. The van der Waals surface area contributed by atoms with Crippen molar-refractivity contribution in [3.63, 3.8) is 0 Å². The largest absolute Gasteiger partial charge is 0.494 e. The quantitative estimate of drug-likeness (QED) is 0.426. The Morgan fingerprint density at radius 1 is 1.11 bits per heavy atom. The van der Waals surface area contributed by atoms with Crippen molar-refractivity contribution in [3.8, 4) is 5.75 Å². The lowest BCUT2D eigenvalue weighted by Crippen LogP contribution is -2.14. The summed E-state index contributed by atoms with van der Waals surface area (Å²) in [6.45, 7) is 5.35. The van der Waals surface area contributed by atoms with Gasteiger partial charge in [-0.25, -0.2) is 9.59 Å². The van der Waals surface area contributed by atoms with Gasteiger partial charge in [0.05, 0.1) is 25.0 Å². The van der Waals surface area contributed by atoms with E-state index < -0.39 is 24.3 Å². The van der Waals surface area contributed by atoms with E-state index in [-0.39, 0.29) is 5.69 Å². The molecule has 28 heavy (non-hydrogen) atoms. The normalized spacial score (nSPS) is 10.7. The number of Topliss-reactive ketones (excluding diaryl/α,β-unsaturated/α-hetero) is 1. The molecule has 0 aliphatic rings. The first-order valence-electron chi connectivity index (χ1n) is 8.75. The Balaban J connectivity index is 1.95. The number of carbonyl (C=O) groups excluding carboxylic acids is 3. The lowest BCUT2D eigenvalue weighted by Gasteiger charge is -2.03. The summed E-state index contributed by atoms with van der Waals surface area (Å²) in [4.78, 5) is 38.8. The third-order valence-corrected chi connectivity index (χ3v) is 4.05. The van der Waals surface area contributed by atoms with Crippen LogP contribution in [0, 0.1) is 13.8 Å². The summed E-state index contributed by atoms with van der Waals surface area (Å²) in [5.41, 5.74) is 2.32. The molecule has 0 saturated carbocycles. The van der Waals surface area contributed by atoms with Crippen molar-refractivity contribution in [3.05, 3.63) is 58.4 Å². The highest BCUT2D eigenvalue weighted by Crippen LogP contribution is 2.19. The van der Waals surface area contributed by atoms with Crippen LogP contribution in [0.1, 0.15) is 44.6 Å². The Morgan fingerprint density at radius 2 is 1.79 bits per heavy atom. The number of H-pyrrole nitrogens is 1. The van der Waals surface area contributed by atoms with Crippen LogP contribution in [0.2, 0.25) is 0 Å². The van der Waals surface area contributed by atoms with Crippen molar-refractivity contribution >= 4 is 23.8 Å². The number of ketones is 1. The average molecular weight is 385 g/mol. The minimum absolute atomic E-state index is 0.223. The van der Waals surface area contributed by atoms with Gasteiger partial charge < -0.3 is 19.2 Å². The second-order valence-electron chi connectivity index (χ2n) is 5.98. The molecule has 1 aromatic heterocycles. The average Bonchev–Trinajstić information content (AvgIpc) is 2.99. The standard InChI is InChI=1S/C21H23NO6/c1-5-27-16-9-6-15(7-10-16)8-11-18(24)28-12-17(23)20-13(2)19(14(3)22-20)21(25)26-4/h6-11,22H,5,12H2,1-4H3/b11-8+. The van der Waals surface area contributed by atoms with Crippen LogP contribution in [0.15, 0.2) is 30.3 Å². The lowest BCUT2D eigenvalue weighted by atomic mass is 10.1. The van der Waals surface area contributed by atoms with Gasteiger partial charge in [0.25, 0.3) is 0 Å². The number of hydrogen-bond donors (Lipinski definition) is 1. The fraction of sp³-hybridized carbons (Fsp3) is 0.286. The van der Waals surface area contributed by atoms with Crippen molar-refractivity contribution in [2.75, 3.05) is 20.3 Å². The number of nitrogens with one attached hydrogen (secondary N) is 1. The maximum Gasteiger partial charge on any atom is 0.339 e. The van der Waals surface area contributed by atoms with E-state index in [1.54, 1.807) is 44.2 Å². The number of methoxy groups -OCH3 is 1. The molecule has 1 N–H and O–H groups in total. The van der Waals surface area contributed by atoms with Crippen molar-refractivity contribution < 1.29 is 28.6 Å². The number of aromatic nitrogens is 1. The molecule has 1 aromatic carbocycles. The molecule has 7 heteroatoms. The van der Waals surface area contributed by atoms with Gasteiger partial charge in [-0.1, -0.05) is 12.1 Å². The number of aromatic amines is 1. The zero-order chi connectivity index (χ0) is 20.7. The van der Waals surface area contributed by atoms with Crippen molar-refractivity contribution in [1.29, 1.82) is 0 Å². The Hall–Kier alpha value is -3.35. The first kappa shape index (κ1) is 21.0. The number of aryl methyl sites for hydroxylation is 1. The molecular weight excluding hydrogens is 362 g/mol. The van der Waals surface area contributed by atoms with Crippen LogP contribution in [0.4, 0.5) is 0 Å². The van der Waals surface area contributed by atoms with Crippen molar-refractivity contribution in [2.45, 2.75) is 20.8 Å². The van der Waals surface area contributed by atoms with Crippen LogP contribution in [-0.4, -0.2) is 43.0 Å². The molecule has 148 valence electrons. The highest BCUT2D eigenvalue weighted by molar-refractivity contribution is 6.02. The second kappa shape index (κ2) is 9.55. The third kappa shape index (κ3) is 5.09. The lowest BCUT2D eigenvalue weighted by molar-refractivity contribution is -0.136. The number of esters is 2. The summed E-state index contributed by atoms with van der Waals surface area (Å²) in [7, 11) is 1.27. The molecule has 0 amide bonds. The molecule has 7 nitrogen and oxygen atoms in total. The van der Waals surface area contributed by atoms with Crippen molar-refractivity contribution in [1.82, 2.24) is 4.98 Å². The van der Waals surface area contributed by atoms with E-state index in [2.05, 4.69) is 4.98 Å². The zero-order valence-electron chi connectivity index (χ0n) is 16.3. The van der Waals surface area contributed by atoms with Crippen molar-refractivity contribution in [2.24, 2.45) is 0 Å². The second-order valence-corrected chi connectivity index (χ2v) is 5.98. The van der Waals surface area contributed by atoms with Gasteiger partial charge >= 0.3 is 11.9 Å². The maximum atomic E-state index is 12.3. The number of hydrogen-bond acceptors (Lipinski definition) is 6. The fourth-order valence-electron chi connectivity index (χ4n) is 2.70. The summed E-state index contributed by atoms with van der Waals surface area (Å²) >= 11 is 0. The van der Waals surface area contributed by atoms with E-state index >= 15 is 0 Å². The Labute approximate surface area is 163 Å². The number of ether oxygens (including phenoxy) is 3. The molecule has 0 spiro atoms. The number of benzene rings is 1. The maximum absolute atomic E-state index is 12.3. The summed E-state index contributed by atoms with van der Waals surface area (Å²) in [5, 5.41) is 0. The van der Waals surface area contributed by atoms with E-state index in [4.69, 9.17) is 14.2 Å². The van der Waals surface area contributed by atoms with Crippen LogP contribution in [0.3, 0.4) is 0 Å². The summed E-state index contributed by atoms with van der Waals surface area (Å²) < 4.78 is 15.1. The molecule has 0 bridgehead atoms. The topological polar surface area (TPSA) is 94.7 Å². The van der Waals surface area contributed by atoms with E-state index in [1.165, 1.54) is 13.2 Å². The summed E-state index contributed by atoms with van der Waals surface area (Å²) in [6, 6.07) is 7.21. The molecule has 0 saturated heterocycles. The first-order chi connectivity index (χ1) is 13.4. The predicted molar refractivity (Wildman–Crippen MR) is 104 cm³/mol. The van der Waals surface area contributed by atoms with E-state index in [1.807, 2.05) is 6.92 Å². The van der Waals surface area contributed by atoms with Gasteiger partial charge in [-0.15, -0.1) is 0 Å². The minimum Gasteiger partial charge on any atom is -0.494 e. The third-order valence-electron chi connectivity index (χ3n) is 4.05. The van der Waals surface area contributed by atoms with E-state index in [0.717, 1.165) is 11.3 Å². The first-order valence-corrected chi connectivity index (χ1v) is 8.75. The Bertz CT molecular complexity index is 892. The molecule has 0 fully saturated rings. The molecule has 0 unspecified atom stereocenters. The van der Waals surface area contributed by atoms with Gasteiger partial charge in [0.2, 0.25) is 5.78 Å². The smallest absolute Gasteiger partial charge is 0.339 e. The molecule has 0 aliphatic heterocycles. The predicted octanol–water partition coefficient (Wildman–Crippen LogP) is 3.26. The zero-order valence-corrected chi connectivity index (χ0v) is 16.3. The molecule has 0 atom stereocenters. The monoisotopic (exact) mass is 385 g/mol. The van der Waals surface area contributed by atoms with Gasteiger partial charge in [-0.05, 0) is 50.1 Å². The van der Waals surface area contributed by atoms with Crippen LogP contribution in [0.5, 0.6) is 5.75 Å². The Kier molecular flexibility index (Phi) is 7.14. The number of carbonyl (C=O) groups is 3. The van der Waals surface area contributed by atoms with Gasteiger partial charge in [0.15, 0.2) is 6.61 Å². The Morgan fingerprint density at radius 3 is 2.39 bits per heavy atom.